The number of aromatic nitrogens is 1. The minimum atomic E-state index is -0.587. The van der Waals surface area contributed by atoms with Crippen molar-refractivity contribution in [1.29, 1.82) is 0 Å². The maximum Gasteiger partial charge on any atom is 0.267 e. The van der Waals surface area contributed by atoms with Crippen LogP contribution >= 0.6 is 0 Å². The van der Waals surface area contributed by atoms with Gasteiger partial charge in [-0.15, -0.1) is 0 Å². The topological polar surface area (TPSA) is 76.3 Å². The molecule has 0 radical (unpaired) electrons. The lowest BCUT2D eigenvalue weighted by Crippen LogP contribution is -2.25. The Kier molecular flexibility index (Phi) is 3.79. The second kappa shape index (κ2) is 5.52. The Balaban J connectivity index is 2.19. The van der Waals surface area contributed by atoms with Gasteiger partial charge >= 0.3 is 0 Å². The van der Waals surface area contributed by atoms with Crippen LogP contribution in [0.3, 0.4) is 0 Å². The Hall–Kier alpha value is -2.69. The number of amides is 2. The molecule has 0 bridgehead atoms. The van der Waals surface area contributed by atoms with Crippen molar-refractivity contribution in [2.75, 3.05) is 6.54 Å². The summed E-state index contributed by atoms with van der Waals surface area (Å²) < 4.78 is 0. The number of nitrogens with zero attached hydrogens (tertiary/aromatic N) is 2. The maximum absolute atomic E-state index is 12.2. The van der Waals surface area contributed by atoms with Gasteiger partial charge in [0.25, 0.3) is 11.8 Å². The lowest BCUT2D eigenvalue weighted by atomic mass is 10.1. The molecule has 1 aliphatic heterocycles. The van der Waals surface area contributed by atoms with Crippen LogP contribution < -0.4 is 5.73 Å². The third-order valence-electron chi connectivity index (χ3n) is 2.98. The van der Waals surface area contributed by atoms with Crippen molar-refractivity contribution in [2.45, 2.75) is 6.54 Å². The van der Waals surface area contributed by atoms with E-state index in [2.05, 4.69) is 18.1 Å². The highest BCUT2D eigenvalue weighted by Crippen LogP contribution is 2.23. The summed E-state index contributed by atoms with van der Waals surface area (Å²) >= 11 is 0. The summed E-state index contributed by atoms with van der Waals surface area (Å²) in [5.41, 5.74) is 7.30. The highest BCUT2D eigenvalue weighted by Gasteiger charge is 2.28. The van der Waals surface area contributed by atoms with E-state index in [-0.39, 0.29) is 11.6 Å². The summed E-state index contributed by atoms with van der Waals surface area (Å²) in [4.78, 5) is 29.0. The molecule has 5 nitrogen and oxygen atoms in total. The molecule has 1 fully saturated rings. The van der Waals surface area contributed by atoms with Crippen LogP contribution in [-0.4, -0.2) is 28.2 Å². The third kappa shape index (κ3) is 2.66. The normalized spacial score (nSPS) is 16.8. The van der Waals surface area contributed by atoms with Crippen molar-refractivity contribution < 1.29 is 9.59 Å². The molecule has 0 unspecified atom stereocenters. The monoisotopic (exact) mass is 269 g/mol. The van der Waals surface area contributed by atoms with Crippen molar-refractivity contribution >= 4 is 11.8 Å². The lowest BCUT2D eigenvalue weighted by molar-refractivity contribution is -0.125. The molecular weight excluding hydrogens is 254 g/mol. The van der Waals surface area contributed by atoms with Gasteiger partial charge in [-0.2, -0.15) is 0 Å². The molecule has 0 aliphatic carbocycles. The largest absolute Gasteiger partial charge is 0.364 e. The van der Waals surface area contributed by atoms with E-state index in [1.807, 2.05) is 0 Å². The molecule has 0 saturated carbocycles. The average Bonchev–Trinajstić information content (AvgIpc) is 2.67. The summed E-state index contributed by atoms with van der Waals surface area (Å²) in [5, 5.41) is 0. The van der Waals surface area contributed by atoms with E-state index in [0.29, 0.717) is 24.4 Å². The van der Waals surface area contributed by atoms with Gasteiger partial charge in [-0.25, -0.2) is 4.98 Å². The Morgan fingerprint density at radius 1 is 1.50 bits per heavy atom. The van der Waals surface area contributed by atoms with Crippen LogP contribution in [0.2, 0.25) is 0 Å². The standard InChI is InChI=1S/C15H15N3O2/c1-3-5-12-10(2)8-18(15(12)20)9-11-6-4-7-13(17-11)14(16)19/h3-7H,1-2,8-9H2,(H2,16,19)/b12-5+. The second-order valence-corrected chi connectivity index (χ2v) is 4.46. The first-order valence-corrected chi connectivity index (χ1v) is 6.09. The van der Waals surface area contributed by atoms with Gasteiger partial charge in [0, 0.05) is 12.1 Å². The Morgan fingerprint density at radius 3 is 2.90 bits per heavy atom. The van der Waals surface area contributed by atoms with Gasteiger partial charge in [0.1, 0.15) is 5.69 Å². The molecule has 102 valence electrons. The molecule has 2 N–H and O–H groups in total. The molecule has 1 saturated heterocycles. The zero-order valence-corrected chi connectivity index (χ0v) is 11.0. The summed E-state index contributed by atoms with van der Waals surface area (Å²) in [6, 6.07) is 4.98. The molecule has 1 aromatic heterocycles. The molecule has 20 heavy (non-hydrogen) atoms. The number of allylic oxidation sites excluding steroid dienone is 2. The van der Waals surface area contributed by atoms with Gasteiger partial charge in [-0.1, -0.05) is 25.3 Å². The summed E-state index contributed by atoms with van der Waals surface area (Å²) in [6.45, 7) is 8.21. The first-order valence-electron chi connectivity index (χ1n) is 6.09. The van der Waals surface area contributed by atoms with E-state index in [9.17, 15) is 9.59 Å². The van der Waals surface area contributed by atoms with E-state index >= 15 is 0 Å². The van der Waals surface area contributed by atoms with Crippen LogP contribution in [0, 0.1) is 0 Å². The number of pyridine rings is 1. The molecule has 2 heterocycles. The number of nitrogens with two attached hydrogens (primary N) is 1. The van der Waals surface area contributed by atoms with Crippen molar-refractivity contribution in [1.82, 2.24) is 9.88 Å². The van der Waals surface area contributed by atoms with E-state index < -0.39 is 5.91 Å². The first kappa shape index (κ1) is 13.7. The summed E-state index contributed by atoms with van der Waals surface area (Å²) in [6.07, 6.45) is 3.21. The fourth-order valence-corrected chi connectivity index (χ4v) is 2.04. The highest BCUT2D eigenvalue weighted by molar-refractivity contribution is 6.01. The molecule has 0 aromatic carbocycles. The van der Waals surface area contributed by atoms with Crippen molar-refractivity contribution in [3.8, 4) is 0 Å². The van der Waals surface area contributed by atoms with Gasteiger partial charge in [-0.05, 0) is 23.8 Å². The van der Waals surface area contributed by atoms with Crippen molar-refractivity contribution in [2.24, 2.45) is 5.73 Å². The number of hydrogen-bond acceptors (Lipinski definition) is 3. The number of primary amides is 1. The zero-order valence-electron chi connectivity index (χ0n) is 11.0. The molecule has 5 heteroatoms. The maximum atomic E-state index is 12.2. The van der Waals surface area contributed by atoms with E-state index in [1.165, 1.54) is 0 Å². The molecule has 2 rings (SSSR count). The number of rotatable bonds is 4. The van der Waals surface area contributed by atoms with Crippen molar-refractivity contribution in [3.05, 3.63) is 66.0 Å². The summed E-state index contributed by atoms with van der Waals surface area (Å²) in [5.74, 6) is -0.697. The zero-order chi connectivity index (χ0) is 14.7. The number of likely N-dealkylation sites (tertiary alicyclic amines) is 1. The number of carbonyl (C=O) groups is 2. The summed E-state index contributed by atoms with van der Waals surface area (Å²) in [7, 11) is 0. The van der Waals surface area contributed by atoms with Crippen LogP contribution in [-0.2, 0) is 11.3 Å². The van der Waals surface area contributed by atoms with E-state index in [1.54, 1.807) is 35.3 Å². The van der Waals surface area contributed by atoms with Gasteiger partial charge < -0.3 is 10.6 Å². The van der Waals surface area contributed by atoms with Crippen LogP contribution in [0.15, 0.2) is 54.7 Å². The van der Waals surface area contributed by atoms with Crippen LogP contribution in [0.1, 0.15) is 16.2 Å². The Bertz CT molecular complexity index is 632. The molecule has 1 aliphatic rings. The van der Waals surface area contributed by atoms with Gasteiger partial charge in [0.2, 0.25) is 0 Å². The molecular formula is C15H15N3O2. The SMILES string of the molecule is C=C/C=C1\C(=C)CN(Cc2cccc(C(N)=O)n2)C1=O. The predicted molar refractivity (Wildman–Crippen MR) is 75.6 cm³/mol. The first-order chi connectivity index (χ1) is 9.52. The van der Waals surface area contributed by atoms with Crippen molar-refractivity contribution in [3.63, 3.8) is 0 Å². The minimum absolute atomic E-state index is 0.110. The molecule has 0 atom stereocenters. The predicted octanol–water partition coefficient (Wildman–Crippen LogP) is 1.19. The van der Waals surface area contributed by atoms with Crippen LogP contribution in [0.5, 0.6) is 0 Å². The number of carbonyl (C=O) groups excluding carboxylic acids is 2. The number of hydrogen-bond donors (Lipinski definition) is 1. The fourth-order valence-electron chi connectivity index (χ4n) is 2.04. The van der Waals surface area contributed by atoms with Crippen LogP contribution in [0.25, 0.3) is 0 Å². The molecule has 2 amide bonds. The lowest BCUT2D eigenvalue weighted by Gasteiger charge is -2.14. The molecule has 0 spiro atoms. The Morgan fingerprint density at radius 2 is 2.25 bits per heavy atom. The average molecular weight is 269 g/mol. The van der Waals surface area contributed by atoms with E-state index in [4.69, 9.17) is 5.73 Å². The van der Waals surface area contributed by atoms with Gasteiger partial charge in [0.15, 0.2) is 0 Å². The fraction of sp³-hybridized carbons (Fsp3) is 0.133. The second-order valence-electron chi connectivity index (χ2n) is 4.46. The van der Waals surface area contributed by atoms with Gasteiger partial charge in [0.05, 0.1) is 12.2 Å². The van der Waals surface area contributed by atoms with Gasteiger partial charge in [-0.3, -0.25) is 9.59 Å². The minimum Gasteiger partial charge on any atom is -0.364 e. The Labute approximate surface area is 117 Å². The third-order valence-corrected chi connectivity index (χ3v) is 2.98. The smallest absolute Gasteiger partial charge is 0.267 e. The quantitative estimate of drug-likeness (QED) is 0.834. The van der Waals surface area contributed by atoms with Crippen LogP contribution in [0.4, 0.5) is 0 Å². The van der Waals surface area contributed by atoms with E-state index in [0.717, 1.165) is 5.57 Å². The highest BCUT2D eigenvalue weighted by atomic mass is 16.2. The molecule has 1 aromatic rings.